The van der Waals surface area contributed by atoms with Crippen LogP contribution in [-0.2, 0) is 0 Å². The molecule has 0 radical (unpaired) electrons. The highest BCUT2D eigenvalue weighted by Gasteiger charge is 2.09. The lowest BCUT2D eigenvalue weighted by Crippen LogP contribution is -2.19. The third-order valence-electron chi connectivity index (χ3n) is 2.45. The van der Waals surface area contributed by atoms with Crippen molar-refractivity contribution in [2.45, 2.75) is 26.2 Å². The Kier molecular flexibility index (Phi) is 4.16. The van der Waals surface area contributed by atoms with Gasteiger partial charge in [-0.05, 0) is 24.0 Å². The predicted octanol–water partition coefficient (Wildman–Crippen LogP) is 2.51. The number of amidine groups is 1. The summed E-state index contributed by atoms with van der Waals surface area (Å²) in [6, 6.07) is 7.91. The van der Waals surface area contributed by atoms with Crippen LogP contribution in [0.25, 0.3) is 0 Å². The van der Waals surface area contributed by atoms with Gasteiger partial charge in [-0.25, -0.2) is 0 Å². The van der Waals surface area contributed by atoms with E-state index >= 15 is 0 Å². The highest BCUT2D eigenvalue weighted by atomic mass is 16.5. The lowest BCUT2D eigenvalue weighted by atomic mass is 9.98. The van der Waals surface area contributed by atoms with Crippen molar-refractivity contribution in [1.29, 1.82) is 5.41 Å². The number of benzene rings is 1. The zero-order valence-electron chi connectivity index (χ0n) is 9.29. The monoisotopic (exact) mass is 206 g/mol. The third-order valence-corrected chi connectivity index (χ3v) is 2.45. The molecule has 0 fully saturated rings. The van der Waals surface area contributed by atoms with Gasteiger partial charge in [0.15, 0.2) is 0 Å². The number of hydrogen-bond donors (Lipinski definition) is 2. The summed E-state index contributed by atoms with van der Waals surface area (Å²) in [7, 11) is 0. The van der Waals surface area contributed by atoms with Gasteiger partial charge in [-0.3, -0.25) is 5.41 Å². The summed E-state index contributed by atoms with van der Waals surface area (Å²) in [5.74, 6) is 1.35. The molecule has 0 bridgehead atoms. The number of para-hydroxylation sites is 1. The Morgan fingerprint density at radius 1 is 1.47 bits per heavy atom. The molecule has 1 rings (SSSR count). The quantitative estimate of drug-likeness (QED) is 0.574. The van der Waals surface area contributed by atoms with E-state index in [1.165, 1.54) is 5.56 Å². The van der Waals surface area contributed by atoms with Gasteiger partial charge in [0.05, 0.1) is 0 Å². The lowest BCUT2D eigenvalue weighted by Gasteiger charge is -2.15. The Morgan fingerprint density at radius 3 is 2.73 bits per heavy atom. The van der Waals surface area contributed by atoms with Crippen molar-refractivity contribution in [3.8, 4) is 5.75 Å². The van der Waals surface area contributed by atoms with E-state index in [0.717, 1.165) is 12.2 Å². The average Bonchev–Trinajstić information content (AvgIpc) is 2.25. The highest BCUT2D eigenvalue weighted by molar-refractivity contribution is 5.78. The van der Waals surface area contributed by atoms with Crippen LogP contribution in [0.4, 0.5) is 0 Å². The minimum atomic E-state index is 0.0500. The Morgan fingerprint density at radius 2 is 2.13 bits per heavy atom. The molecule has 0 aliphatic heterocycles. The summed E-state index contributed by atoms with van der Waals surface area (Å²) in [5, 5.41) is 7.12. The molecule has 1 unspecified atom stereocenters. The van der Waals surface area contributed by atoms with Gasteiger partial charge in [-0.1, -0.05) is 32.0 Å². The molecule has 82 valence electrons. The van der Waals surface area contributed by atoms with Crippen LogP contribution in [0.5, 0.6) is 5.75 Å². The number of hydrogen-bond acceptors (Lipinski definition) is 2. The van der Waals surface area contributed by atoms with E-state index in [2.05, 4.69) is 19.9 Å². The van der Waals surface area contributed by atoms with Crippen LogP contribution in [0.1, 0.15) is 31.7 Å². The van der Waals surface area contributed by atoms with E-state index in [-0.39, 0.29) is 12.4 Å². The largest absolute Gasteiger partial charge is 0.485 e. The minimum absolute atomic E-state index is 0.0500. The Labute approximate surface area is 90.8 Å². The van der Waals surface area contributed by atoms with Crippen molar-refractivity contribution in [2.75, 3.05) is 6.61 Å². The van der Waals surface area contributed by atoms with Crippen molar-refractivity contribution in [2.24, 2.45) is 5.73 Å². The summed E-state index contributed by atoms with van der Waals surface area (Å²) < 4.78 is 5.47. The van der Waals surface area contributed by atoms with E-state index < -0.39 is 0 Å². The van der Waals surface area contributed by atoms with Gasteiger partial charge in [-0.15, -0.1) is 0 Å². The first-order valence-electron chi connectivity index (χ1n) is 5.19. The molecular formula is C12H18N2O. The molecule has 3 N–H and O–H groups in total. The van der Waals surface area contributed by atoms with Gasteiger partial charge < -0.3 is 10.5 Å². The lowest BCUT2D eigenvalue weighted by molar-refractivity contribution is 0.367. The molecule has 0 saturated heterocycles. The summed E-state index contributed by atoms with van der Waals surface area (Å²) in [5.41, 5.74) is 6.44. The first kappa shape index (κ1) is 11.6. The van der Waals surface area contributed by atoms with Crippen molar-refractivity contribution < 1.29 is 4.74 Å². The summed E-state index contributed by atoms with van der Waals surface area (Å²) in [6.45, 7) is 4.47. The van der Waals surface area contributed by atoms with Gasteiger partial charge in [-0.2, -0.15) is 0 Å². The fourth-order valence-electron chi connectivity index (χ4n) is 1.39. The molecule has 0 amide bonds. The zero-order valence-corrected chi connectivity index (χ0v) is 9.29. The number of rotatable bonds is 5. The molecule has 0 saturated carbocycles. The molecule has 0 spiro atoms. The van der Waals surface area contributed by atoms with Crippen LogP contribution < -0.4 is 10.5 Å². The molecule has 3 nitrogen and oxygen atoms in total. The Bertz CT molecular complexity index is 336. The maximum Gasteiger partial charge on any atom is 0.145 e. The molecule has 0 aliphatic rings. The topological polar surface area (TPSA) is 59.1 Å². The van der Waals surface area contributed by atoms with E-state index in [1.54, 1.807) is 0 Å². The van der Waals surface area contributed by atoms with Crippen LogP contribution in [0.3, 0.4) is 0 Å². The van der Waals surface area contributed by atoms with Gasteiger partial charge in [0.25, 0.3) is 0 Å². The second-order valence-electron chi connectivity index (χ2n) is 3.66. The van der Waals surface area contributed by atoms with Gasteiger partial charge >= 0.3 is 0 Å². The number of ether oxygens (including phenoxy) is 1. The standard InChI is InChI=1S/C12H18N2O/c1-3-9(2)10-6-4-5-7-11(10)15-8-12(13)14/h4-7,9H,3,8H2,1-2H3,(H3,13,14). The Hall–Kier alpha value is -1.51. The second kappa shape index (κ2) is 5.39. The summed E-state index contributed by atoms with van der Waals surface area (Å²) >= 11 is 0. The van der Waals surface area contributed by atoms with Crippen LogP contribution in [0, 0.1) is 5.41 Å². The van der Waals surface area contributed by atoms with Crippen LogP contribution in [0.15, 0.2) is 24.3 Å². The molecule has 0 heterocycles. The maximum absolute atomic E-state index is 7.12. The summed E-state index contributed by atoms with van der Waals surface area (Å²) in [4.78, 5) is 0. The van der Waals surface area contributed by atoms with E-state index in [0.29, 0.717) is 5.92 Å². The van der Waals surface area contributed by atoms with Crippen molar-refractivity contribution in [3.05, 3.63) is 29.8 Å². The van der Waals surface area contributed by atoms with Crippen molar-refractivity contribution in [1.82, 2.24) is 0 Å². The average molecular weight is 206 g/mol. The first-order chi connectivity index (χ1) is 7.15. The van der Waals surface area contributed by atoms with E-state index in [9.17, 15) is 0 Å². The molecule has 1 aromatic rings. The van der Waals surface area contributed by atoms with Crippen LogP contribution >= 0.6 is 0 Å². The first-order valence-corrected chi connectivity index (χ1v) is 5.19. The molecule has 0 aliphatic carbocycles. The predicted molar refractivity (Wildman–Crippen MR) is 62.6 cm³/mol. The fourth-order valence-corrected chi connectivity index (χ4v) is 1.39. The van der Waals surface area contributed by atoms with Crippen molar-refractivity contribution in [3.63, 3.8) is 0 Å². The smallest absolute Gasteiger partial charge is 0.145 e. The van der Waals surface area contributed by atoms with Crippen LogP contribution in [-0.4, -0.2) is 12.4 Å². The van der Waals surface area contributed by atoms with E-state index in [4.69, 9.17) is 15.9 Å². The molecule has 15 heavy (non-hydrogen) atoms. The number of nitrogens with two attached hydrogens (primary N) is 1. The van der Waals surface area contributed by atoms with Crippen molar-refractivity contribution >= 4 is 5.84 Å². The fraction of sp³-hybridized carbons (Fsp3) is 0.417. The molecule has 0 aromatic heterocycles. The van der Waals surface area contributed by atoms with Gasteiger partial charge in [0.2, 0.25) is 0 Å². The molecule has 3 heteroatoms. The minimum Gasteiger partial charge on any atom is -0.485 e. The molecule has 1 aromatic carbocycles. The van der Waals surface area contributed by atoms with Gasteiger partial charge in [0.1, 0.15) is 18.2 Å². The SMILES string of the molecule is CCC(C)c1ccccc1OCC(=N)N. The summed E-state index contributed by atoms with van der Waals surface area (Å²) in [6.07, 6.45) is 1.07. The zero-order chi connectivity index (χ0) is 11.3. The van der Waals surface area contributed by atoms with Gasteiger partial charge in [0, 0.05) is 0 Å². The molecular weight excluding hydrogens is 188 g/mol. The number of nitrogens with one attached hydrogen (secondary N) is 1. The highest BCUT2D eigenvalue weighted by Crippen LogP contribution is 2.28. The van der Waals surface area contributed by atoms with E-state index in [1.807, 2.05) is 18.2 Å². The maximum atomic E-state index is 7.12. The third kappa shape index (κ3) is 3.27. The molecule has 1 atom stereocenters. The Balaban J connectivity index is 2.81. The normalized spacial score (nSPS) is 12.1. The second-order valence-corrected chi connectivity index (χ2v) is 3.66. The van der Waals surface area contributed by atoms with Crippen LogP contribution in [0.2, 0.25) is 0 Å².